The Morgan fingerprint density at radius 2 is 2.04 bits per heavy atom. The van der Waals surface area contributed by atoms with E-state index in [2.05, 4.69) is 13.0 Å². The van der Waals surface area contributed by atoms with Crippen LogP contribution in [-0.4, -0.2) is 28.7 Å². The largest absolute Gasteiger partial charge is 0.395 e. The summed E-state index contributed by atoms with van der Waals surface area (Å²) in [5.41, 5.74) is 0.0749. The first-order valence-electron chi connectivity index (χ1n) is 8.38. The van der Waals surface area contributed by atoms with Gasteiger partial charge in [-0.05, 0) is 42.2 Å². The lowest BCUT2D eigenvalue weighted by atomic mass is 9.44. The number of nitriles is 1. The summed E-state index contributed by atoms with van der Waals surface area (Å²) >= 11 is 0. The molecule has 0 radical (unpaired) electrons. The average molecular weight is 315 g/mol. The molecule has 23 heavy (non-hydrogen) atoms. The number of ketones is 1. The molecular weight excluding hydrogens is 290 g/mol. The summed E-state index contributed by atoms with van der Waals surface area (Å²) in [5, 5.41) is 30.1. The predicted molar refractivity (Wildman–Crippen MR) is 86.2 cm³/mol. The number of allylic oxidation sites excluding steroid dienone is 2. The van der Waals surface area contributed by atoms with E-state index in [0.29, 0.717) is 18.4 Å². The Hall–Kier alpha value is -1.44. The zero-order chi connectivity index (χ0) is 17.0. The Labute approximate surface area is 137 Å². The molecule has 4 atom stereocenters. The molecule has 4 heteroatoms. The van der Waals surface area contributed by atoms with Crippen LogP contribution >= 0.6 is 0 Å². The second kappa shape index (κ2) is 5.03. The molecule has 0 aromatic rings. The third-order valence-corrected chi connectivity index (χ3v) is 6.73. The van der Waals surface area contributed by atoms with Gasteiger partial charge in [0, 0.05) is 17.3 Å². The first-order valence-corrected chi connectivity index (χ1v) is 8.38. The normalized spacial score (nSPS) is 42.0. The summed E-state index contributed by atoms with van der Waals surface area (Å²) in [6, 6.07) is 2.14. The number of aliphatic hydroxyl groups excluding tert-OH is 2. The highest BCUT2D eigenvalue weighted by Gasteiger charge is 2.59. The molecule has 3 aliphatic carbocycles. The quantitative estimate of drug-likeness (QED) is 0.779. The van der Waals surface area contributed by atoms with Crippen molar-refractivity contribution in [2.45, 2.75) is 52.6 Å². The molecule has 0 aliphatic heterocycles. The lowest BCUT2D eigenvalue weighted by molar-refractivity contribution is -0.117. The molecule has 3 rings (SSSR count). The molecule has 2 N–H and O–H groups in total. The van der Waals surface area contributed by atoms with Gasteiger partial charge in [-0.25, -0.2) is 0 Å². The van der Waals surface area contributed by atoms with Gasteiger partial charge in [-0.3, -0.25) is 4.79 Å². The van der Waals surface area contributed by atoms with Crippen LogP contribution in [0.5, 0.6) is 0 Å². The molecular formula is C19H25NO3. The van der Waals surface area contributed by atoms with E-state index in [9.17, 15) is 20.3 Å². The van der Waals surface area contributed by atoms with Crippen LogP contribution in [0.1, 0.15) is 46.5 Å². The summed E-state index contributed by atoms with van der Waals surface area (Å²) in [6.07, 6.45) is 5.65. The van der Waals surface area contributed by atoms with Crippen molar-refractivity contribution in [1.29, 1.82) is 5.26 Å². The fourth-order valence-corrected chi connectivity index (χ4v) is 5.43. The highest BCUT2D eigenvalue weighted by atomic mass is 16.3. The van der Waals surface area contributed by atoms with Crippen LogP contribution in [0.2, 0.25) is 0 Å². The van der Waals surface area contributed by atoms with Gasteiger partial charge >= 0.3 is 0 Å². The minimum absolute atomic E-state index is 0.0349. The van der Waals surface area contributed by atoms with Crippen LogP contribution in [0.15, 0.2) is 23.3 Å². The average Bonchev–Trinajstić information content (AvgIpc) is 2.52. The number of carbonyl (C=O) groups is 1. The van der Waals surface area contributed by atoms with Gasteiger partial charge in [0.1, 0.15) is 0 Å². The number of hydrogen-bond acceptors (Lipinski definition) is 4. The number of aliphatic hydroxyl groups is 2. The molecule has 0 bridgehead atoms. The highest BCUT2D eigenvalue weighted by Crippen LogP contribution is 2.64. The van der Waals surface area contributed by atoms with Gasteiger partial charge in [0.05, 0.1) is 24.4 Å². The van der Waals surface area contributed by atoms with Crippen LogP contribution in [0.3, 0.4) is 0 Å². The number of nitrogens with zero attached hydrogens (tertiary/aromatic N) is 1. The van der Waals surface area contributed by atoms with Crippen LogP contribution in [-0.2, 0) is 4.79 Å². The summed E-state index contributed by atoms with van der Waals surface area (Å²) in [6.45, 7) is 6.11. The Morgan fingerprint density at radius 3 is 2.65 bits per heavy atom. The number of rotatable bonds is 1. The molecule has 0 spiro atoms. The van der Waals surface area contributed by atoms with Gasteiger partial charge in [-0.15, -0.1) is 0 Å². The van der Waals surface area contributed by atoms with E-state index >= 15 is 0 Å². The lowest BCUT2D eigenvalue weighted by Crippen LogP contribution is -2.56. The molecule has 124 valence electrons. The minimum atomic E-state index is -0.785. The molecule has 0 saturated heterocycles. The third-order valence-electron chi connectivity index (χ3n) is 6.73. The SMILES string of the molecule is CC1(C)C(O)C(C#N)=C[C@]2(C)C3=CC(=O)CC[C@]3(CO)CCC12. The minimum Gasteiger partial charge on any atom is -0.395 e. The van der Waals surface area contributed by atoms with Gasteiger partial charge < -0.3 is 10.2 Å². The molecule has 3 aliphatic rings. The molecule has 1 fully saturated rings. The number of carbonyl (C=O) groups excluding carboxylic acids is 1. The van der Waals surface area contributed by atoms with Crippen LogP contribution in [0.25, 0.3) is 0 Å². The Kier molecular flexibility index (Phi) is 3.59. The summed E-state index contributed by atoms with van der Waals surface area (Å²) in [4.78, 5) is 12.1. The van der Waals surface area contributed by atoms with E-state index in [0.717, 1.165) is 18.4 Å². The van der Waals surface area contributed by atoms with E-state index in [-0.39, 0.29) is 23.7 Å². The van der Waals surface area contributed by atoms with Gasteiger partial charge in [0.25, 0.3) is 0 Å². The lowest BCUT2D eigenvalue weighted by Gasteiger charge is -2.60. The van der Waals surface area contributed by atoms with Crippen LogP contribution < -0.4 is 0 Å². The Morgan fingerprint density at radius 1 is 1.35 bits per heavy atom. The van der Waals surface area contributed by atoms with Gasteiger partial charge in [-0.1, -0.05) is 26.8 Å². The zero-order valence-electron chi connectivity index (χ0n) is 14.1. The fraction of sp³-hybridized carbons (Fsp3) is 0.684. The maximum atomic E-state index is 12.1. The molecule has 0 heterocycles. The van der Waals surface area contributed by atoms with Gasteiger partial charge in [0.2, 0.25) is 0 Å². The van der Waals surface area contributed by atoms with Crippen LogP contribution in [0.4, 0.5) is 0 Å². The molecule has 0 aromatic carbocycles. The molecule has 0 amide bonds. The van der Waals surface area contributed by atoms with E-state index in [1.807, 2.05) is 19.9 Å². The van der Waals surface area contributed by atoms with Crippen molar-refractivity contribution in [1.82, 2.24) is 0 Å². The van der Waals surface area contributed by atoms with E-state index < -0.39 is 16.9 Å². The van der Waals surface area contributed by atoms with Crippen molar-refractivity contribution < 1.29 is 15.0 Å². The maximum Gasteiger partial charge on any atom is 0.155 e. The van der Waals surface area contributed by atoms with E-state index in [1.165, 1.54) is 0 Å². The first kappa shape index (κ1) is 16.4. The summed E-state index contributed by atoms with van der Waals surface area (Å²) in [7, 11) is 0. The second-order valence-corrected chi connectivity index (χ2v) is 8.27. The zero-order valence-corrected chi connectivity index (χ0v) is 14.1. The molecule has 0 aromatic heterocycles. The molecule has 1 saturated carbocycles. The van der Waals surface area contributed by atoms with Crippen molar-refractivity contribution in [2.24, 2.45) is 22.2 Å². The fourth-order valence-electron chi connectivity index (χ4n) is 5.43. The molecule has 4 nitrogen and oxygen atoms in total. The number of hydrogen-bond donors (Lipinski definition) is 2. The van der Waals surface area contributed by atoms with Crippen LogP contribution in [0, 0.1) is 33.5 Å². The Balaban J connectivity index is 2.24. The topological polar surface area (TPSA) is 81.3 Å². The maximum absolute atomic E-state index is 12.1. The van der Waals surface area contributed by atoms with Crippen molar-refractivity contribution in [3.05, 3.63) is 23.3 Å². The third kappa shape index (κ3) is 2.07. The highest BCUT2D eigenvalue weighted by molar-refractivity contribution is 5.92. The van der Waals surface area contributed by atoms with Gasteiger partial charge in [0.15, 0.2) is 5.78 Å². The Bertz CT molecular complexity index is 654. The standard InChI is InChI=1S/C19H25NO3/c1-17(2)14-5-7-19(11-21)6-4-13(22)8-15(19)18(14,3)9-12(10-20)16(17)23/h8-9,14,16,21,23H,4-7,11H2,1-3H3/t14?,16?,18-,19+/m0/s1. The summed E-state index contributed by atoms with van der Waals surface area (Å²) < 4.78 is 0. The van der Waals surface area contributed by atoms with Crippen molar-refractivity contribution in [3.63, 3.8) is 0 Å². The second-order valence-electron chi connectivity index (χ2n) is 8.27. The predicted octanol–water partition coefficient (Wildman–Crippen LogP) is 2.52. The number of fused-ring (bicyclic) bond motifs is 3. The van der Waals surface area contributed by atoms with Crippen molar-refractivity contribution in [2.75, 3.05) is 6.61 Å². The monoisotopic (exact) mass is 315 g/mol. The first-order chi connectivity index (χ1) is 10.7. The molecule has 2 unspecified atom stereocenters. The van der Waals surface area contributed by atoms with E-state index in [4.69, 9.17) is 0 Å². The van der Waals surface area contributed by atoms with E-state index in [1.54, 1.807) is 6.08 Å². The van der Waals surface area contributed by atoms with Gasteiger partial charge in [-0.2, -0.15) is 5.26 Å². The van der Waals surface area contributed by atoms with Crippen molar-refractivity contribution >= 4 is 5.78 Å². The van der Waals surface area contributed by atoms with Crippen molar-refractivity contribution in [3.8, 4) is 6.07 Å². The smallest absolute Gasteiger partial charge is 0.155 e. The summed E-state index contributed by atoms with van der Waals surface area (Å²) in [5.74, 6) is 0.237.